The van der Waals surface area contributed by atoms with Crippen LogP contribution in [0.15, 0.2) is 18.2 Å². The summed E-state index contributed by atoms with van der Waals surface area (Å²) in [5.41, 5.74) is -0.933. The zero-order valence-electron chi connectivity index (χ0n) is 8.27. The predicted molar refractivity (Wildman–Crippen MR) is 49.8 cm³/mol. The minimum Gasteiger partial charge on any atom is -0.467 e. The second kappa shape index (κ2) is 2.81. The maximum absolute atomic E-state index is 12.4. The van der Waals surface area contributed by atoms with Gasteiger partial charge in [-0.1, -0.05) is 0 Å². The Morgan fingerprint density at radius 1 is 1.27 bits per heavy atom. The molecular weight excluding hydrogens is 207 g/mol. The summed E-state index contributed by atoms with van der Waals surface area (Å²) in [5, 5.41) is 2.86. The van der Waals surface area contributed by atoms with Gasteiger partial charge in [0.05, 0.1) is 11.3 Å². The lowest BCUT2D eigenvalue weighted by Crippen LogP contribution is -2.31. The first-order chi connectivity index (χ1) is 6.78. The molecule has 0 spiro atoms. The monoisotopic (exact) mass is 217 g/mol. The average molecular weight is 217 g/mol. The molecule has 5 heteroatoms. The van der Waals surface area contributed by atoms with Crippen molar-refractivity contribution in [1.82, 2.24) is 0 Å². The zero-order chi connectivity index (χ0) is 11.3. The van der Waals surface area contributed by atoms with Crippen molar-refractivity contribution in [2.45, 2.75) is 25.7 Å². The van der Waals surface area contributed by atoms with Crippen LogP contribution in [0.25, 0.3) is 0 Å². The Balaban J connectivity index is 2.39. The molecule has 0 amide bonds. The van der Waals surface area contributed by atoms with Gasteiger partial charge in [-0.2, -0.15) is 13.2 Å². The van der Waals surface area contributed by atoms with Crippen LogP contribution in [0, 0.1) is 0 Å². The number of nitrogens with one attached hydrogen (secondary N) is 1. The topological polar surface area (TPSA) is 21.3 Å². The molecule has 0 unspecified atom stereocenters. The standard InChI is InChI=1S/C10H10F3NO/c1-9(2)14-7-5-6(10(11,12)13)3-4-8(7)15-9/h3-5,14H,1-2H3. The fourth-order valence-corrected chi connectivity index (χ4v) is 1.52. The third kappa shape index (κ3) is 1.86. The first-order valence-corrected chi connectivity index (χ1v) is 4.46. The van der Waals surface area contributed by atoms with Gasteiger partial charge in [0.25, 0.3) is 0 Å². The van der Waals surface area contributed by atoms with Gasteiger partial charge in [-0.3, -0.25) is 0 Å². The van der Waals surface area contributed by atoms with Gasteiger partial charge in [-0.25, -0.2) is 0 Å². The Morgan fingerprint density at radius 2 is 1.93 bits per heavy atom. The smallest absolute Gasteiger partial charge is 0.416 e. The zero-order valence-corrected chi connectivity index (χ0v) is 8.27. The van der Waals surface area contributed by atoms with E-state index in [0.29, 0.717) is 11.4 Å². The number of hydrogen-bond acceptors (Lipinski definition) is 2. The molecule has 0 aliphatic carbocycles. The van der Waals surface area contributed by atoms with Crippen LogP contribution in [0.4, 0.5) is 18.9 Å². The molecule has 1 N–H and O–H groups in total. The van der Waals surface area contributed by atoms with Gasteiger partial charge >= 0.3 is 6.18 Å². The Kier molecular flexibility index (Phi) is 1.90. The van der Waals surface area contributed by atoms with E-state index in [1.165, 1.54) is 6.07 Å². The molecule has 0 aromatic heterocycles. The maximum Gasteiger partial charge on any atom is 0.416 e. The van der Waals surface area contributed by atoms with E-state index in [4.69, 9.17) is 4.74 Å². The van der Waals surface area contributed by atoms with E-state index in [0.717, 1.165) is 12.1 Å². The molecule has 82 valence electrons. The van der Waals surface area contributed by atoms with Crippen molar-refractivity contribution >= 4 is 5.69 Å². The van der Waals surface area contributed by atoms with Crippen LogP contribution in [-0.4, -0.2) is 5.72 Å². The number of benzene rings is 1. The van der Waals surface area contributed by atoms with Crippen LogP contribution in [0.1, 0.15) is 19.4 Å². The van der Waals surface area contributed by atoms with Crippen LogP contribution in [0.2, 0.25) is 0 Å². The quantitative estimate of drug-likeness (QED) is 0.720. The molecule has 0 saturated carbocycles. The molecule has 1 aromatic rings. The molecule has 0 atom stereocenters. The highest BCUT2D eigenvalue weighted by Gasteiger charge is 2.34. The molecule has 0 bridgehead atoms. The Hall–Kier alpha value is -1.39. The third-order valence-corrected chi connectivity index (χ3v) is 2.11. The molecule has 0 saturated heterocycles. The summed E-state index contributed by atoms with van der Waals surface area (Å²) in [7, 11) is 0. The summed E-state index contributed by atoms with van der Waals surface area (Å²) in [6.45, 7) is 3.50. The van der Waals surface area contributed by atoms with Crippen molar-refractivity contribution in [2.75, 3.05) is 5.32 Å². The highest BCUT2D eigenvalue weighted by Crippen LogP contribution is 2.40. The average Bonchev–Trinajstić information content (AvgIpc) is 2.34. The van der Waals surface area contributed by atoms with Crippen molar-refractivity contribution in [3.63, 3.8) is 0 Å². The first-order valence-electron chi connectivity index (χ1n) is 4.46. The van der Waals surface area contributed by atoms with Crippen LogP contribution < -0.4 is 10.1 Å². The molecule has 1 aliphatic rings. The summed E-state index contributed by atoms with van der Waals surface area (Å²) in [5.74, 6) is 0.452. The van der Waals surface area contributed by atoms with Gasteiger partial charge < -0.3 is 10.1 Å². The lowest BCUT2D eigenvalue weighted by atomic mass is 10.2. The number of halogens is 3. The van der Waals surface area contributed by atoms with Crippen LogP contribution in [-0.2, 0) is 6.18 Å². The second-order valence-electron chi connectivity index (χ2n) is 3.95. The second-order valence-corrected chi connectivity index (χ2v) is 3.95. The number of hydrogen-bond donors (Lipinski definition) is 1. The third-order valence-electron chi connectivity index (χ3n) is 2.11. The van der Waals surface area contributed by atoms with Gasteiger partial charge in [-0.05, 0) is 32.0 Å². The van der Waals surface area contributed by atoms with Crippen molar-refractivity contribution < 1.29 is 17.9 Å². The number of fused-ring (bicyclic) bond motifs is 1. The van der Waals surface area contributed by atoms with E-state index >= 15 is 0 Å². The van der Waals surface area contributed by atoms with Gasteiger partial charge in [-0.15, -0.1) is 0 Å². The molecule has 1 aromatic carbocycles. The van der Waals surface area contributed by atoms with Crippen molar-refractivity contribution in [3.8, 4) is 5.75 Å². The van der Waals surface area contributed by atoms with Gasteiger partial charge in [0, 0.05) is 0 Å². The highest BCUT2D eigenvalue weighted by atomic mass is 19.4. The number of rotatable bonds is 0. The van der Waals surface area contributed by atoms with E-state index in [-0.39, 0.29) is 0 Å². The normalized spacial score (nSPS) is 17.9. The van der Waals surface area contributed by atoms with E-state index < -0.39 is 17.5 Å². The minimum atomic E-state index is -4.32. The lowest BCUT2D eigenvalue weighted by molar-refractivity contribution is -0.137. The molecule has 1 heterocycles. The van der Waals surface area contributed by atoms with E-state index in [1.807, 2.05) is 0 Å². The summed E-state index contributed by atoms with van der Waals surface area (Å²) in [6.07, 6.45) is -4.32. The summed E-state index contributed by atoms with van der Waals surface area (Å²) < 4.78 is 42.5. The summed E-state index contributed by atoms with van der Waals surface area (Å²) in [6, 6.07) is 3.41. The Bertz CT molecular complexity index is 398. The number of alkyl halides is 3. The van der Waals surface area contributed by atoms with Crippen LogP contribution in [0.3, 0.4) is 0 Å². The predicted octanol–water partition coefficient (Wildman–Crippen LogP) is 3.25. The minimum absolute atomic E-state index is 0.384. The van der Waals surface area contributed by atoms with Gasteiger partial charge in [0.15, 0.2) is 5.72 Å². The Morgan fingerprint density at radius 3 is 2.53 bits per heavy atom. The largest absolute Gasteiger partial charge is 0.467 e. The van der Waals surface area contributed by atoms with Crippen molar-refractivity contribution in [3.05, 3.63) is 23.8 Å². The van der Waals surface area contributed by atoms with E-state index in [2.05, 4.69) is 5.32 Å². The molecule has 0 fully saturated rings. The molecular formula is C10H10F3NO. The van der Waals surface area contributed by atoms with Crippen molar-refractivity contribution in [2.24, 2.45) is 0 Å². The van der Waals surface area contributed by atoms with Crippen molar-refractivity contribution in [1.29, 1.82) is 0 Å². The molecule has 2 rings (SSSR count). The summed E-state index contributed by atoms with van der Waals surface area (Å²) >= 11 is 0. The van der Waals surface area contributed by atoms with Gasteiger partial charge in [0.2, 0.25) is 0 Å². The molecule has 0 radical (unpaired) electrons. The molecule has 1 aliphatic heterocycles. The summed E-state index contributed by atoms with van der Waals surface area (Å²) in [4.78, 5) is 0. The lowest BCUT2D eigenvalue weighted by Gasteiger charge is -2.17. The Labute approximate surface area is 85.0 Å². The SMILES string of the molecule is CC1(C)Nc2cc(C(F)(F)F)ccc2O1. The first kappa shape index (κ1) is 10.1. The molecule has 2 nitrogen and oxygen atoms in total. The van der Waals surface area contributed by atoms with Crippen LogP contribution in [0.5, 0.6) is 5.75 Å². The highest BCUT2D eigenvalue weighted by molar-refractivity contribution is 5.62. The number of ether oxygens (including phenoxy) is 1. The fraction of sp³-hybridized carbons (Fsp3) is 0.400. The molecule has 15 heavy (non-hydrogen) atoms. The van der Waals surface area contributed by atoms with E-state index in [9.17, 15) is 13.2 Å². The number of anilines is 1. The fourth-order valence-electron chi connectivity index (χ4n) is 1.52. The maximum atomic E-state index is 12.4. The van der Waals surface area contributed by atoms with Gasteiger partial charge in [0.1, 0.15) is 5.75 Å². The van der Waals surface area contributed by atoms with Crippen LogP contribution >= 0.6 is 0 Å². The van der Waals surface area contributed by atoms with E-state index in [1.54, 1.807) is 13.8 Å².